The maximum Gasteiger partial charge on any atom is 0.174 e. The molecule has 1 N–H and O–H groups in total. The molecule has 0 heterocycles. The Morgan fingerprint density at radius 2 is 1.85 bits per heavy atom. The largest absolute Gasteiger partial charge is 0.479 e. The average Bonchev–Trinajstić information content (AvgIpc) is 2.48. The molecule has 0 amide bonds. The minimum Gasteiger partial charge on any atom is -0.479 e. The standard InChI is InChI=1S/C17H18N2O/c1-13-4-3-5-15(14(13)2)12-19-16-6-8-17(9-7-16)20-11-10-18/h3-9,19H,11-12H2,1-2H3. The second-order valence-corrected chi connectivity index (χ2v) is 4.68. The summed E-state index contributed by atoms with van der Waals surface area (Å²) in [6.45, 7) is 5.15. The molecular weight excluding hydrogens is 248 g/mol. The first kappa shape index (κ1) is 14.0. The van der Waals surface area contributed by atoms with E-state index in [4.69, 9.17) is 10.00 Å². The van der Waals surface area contributed by atoms with Crippen LogP contribution in [0, 0.1) is 25.2 Å². The van der Waals surface area contributed by atoms with Gasteiger partial charge in [0, 0.05) is 12.2 Å². The van der Waals surface area contributed by atoms with Crippen LogP contribution in [0.2, 0.25) is 0 Å². The van der Waals surface area contributed by atoms with Crippen molar-refractivity contribution in [1.82, 2.24) is 0 Å². The Bertz CT molecular complexity index is 612. The van der Waals surface area contributed by atoms with E-state index in [0.29, 0.717) is 5.75 Å². The normalized spacial score (nSPS) is 9.85. The minimum absolute atomic E-state index is 0.0786. The van der Waals surface area contributed by atoms with E-state index in [1.54, 1.807) is 0 Å². The molecule has 0 aliphatic rings. The van der Waals surface area contributed by atoms with Crippen molar-refractivity contribution >= 4 is 5.69 Å². The van der Waals surface area contributed by atoms with E-state index in [1.165, 1.54) is 16.7 Å². The number of nitriles is 1. The number of hydrogen-bond acceptors (Lipinski definition) is 3. The minimum atomic E-state index is 0.0786. The Hall–Kier alpha value is -2.47. The first-order valence-electron chi connectivity index (χ1n) is 6.59. The fourth-order valence-electron chi connectivity index (χ4n) is 1.99. The molecule has 0 unspecified atom stereocenters. The van der Waals surface area contributed by atoms with Crippen molar-refractivity contribution in [3.8, 4) is 11.8 Å². The van der Waals surface area contributed by atoms with Crippen LogP contribution in [0.5, 0.6) is 5.75 Å². The van der Waals surface area contributed by atoms with Crippen molar-refractivity contribution in [3.63, 3.8) is 0 Å². The van der Waals surface area contributed by atoms with E-state index >= 15 is 0 Å². The Labute approximate surface area is 119 Å². The quantitative estimate of drug-likeness (QED) is 0.894. The van der Waals surface area contributed by atoms with Crippen LogP contribution in [-0.4, -0.2) is 6.61 Å². The molecule has 0 aliphatic heterocycles. The number of aryl methyl sites for hydroxylation is 1. The van der Waals surface area contributed by atoms with Gasteiger partial charge in [-0.15, -0.1) is 0 Å². The van der Waals surface area contributed by atoms with Gasteiger partial charge in [-0.2, -0.15) is 5.26 Å². The highest BCUT2D eigenvalue weighted by atomic mass is 16.5. The van der Waals surface area contributed by atoms with E-state index in [1.807, 2.05) is 30.3 Å². The van der Waals surface area contributed by atoms with Gasteiger partial charge in [-0.3, -0.25) is 0 Å². The highest BCUT2D eigenvalue weighted by Gasteiger charge is 2.01. The molecule has 20 heavy (non-hydrogen) atoms. The van der Waals surface area contributed by atoms with Gasteiger partial charge in [-0.1, -0.05) is 18.2 Å². The summed E-state index contributed by atoms with van der Waals surface area (Å²) in [5.41, 5.74) is 4.98. The molecule has 102 valence electrons. The number of rotatable bonds is 5. The van der Waals surface area contributed by atoms with Gasteiger partial charge in [0.05, 0.1) is 0 Å². The first-order valence-corrected chi connectivity index (χ1v) is 6.59. The lowest BCUT2D eigenvalue weighted by molar-refractivity contribution is 0.368. The summed E-state index contributed by atoms with van der Waals surface area (Å²) >= 11 is 0. The Morgan fingerprint density at radius 1 is 1.10 bits per heavy atom. The molecule has 3 heteroatoms. The van der Waals surface area contributed by atoms with Crippen LogP contribution in [0.1, 0.15) is 16.7 Å². The third-order valence-corrected chi connectivity index (χ3v) is 3.36. The molecule has 0 aromatic heterocycles. The number of hydrogen-bond donors (Lipinski definition) is 1. The second kappa shape index (κ2) is 6.63. The number of nitrogens with zero attached hydrogens (tertiary/aromatic N) is 1. The van der Waals surface area contributed by atoms with Gasteiger partial charge in [0.2, 0.25) is 0 Å². The van der Waals surface area contributed by atoms with E-state index in [9.17, 15) is 0 Å². The topological polar surface area (TPSA) is 45.0 Å². The summed E-state index contributed by atoms with van der Waals surface area (Å²) in [6, 6.07) is 15.9. The van der Waals surface area contributed by atoms with Crippen molar-refractivity contribution in [3.05, 3.63) is 59.2 Å². The van der Waals surface area contributed by atoms with Gasteiger partial charge in [0.15, 0.2) is 6.61 Å². The van der Waals surface area contributed by atoms with Crippen molar-refractivity contribution in [1.29, 1.82) is 5.26 Å². The predicted octanol–water partition coefficient (Wildman–Crippen LogP) is 3.82. The Balaban J connectivity index is 1.97. The van der Waals surface area contributed by atoms with E-state index in [0.717, 1.165) is 12.2 Å². The van der Waals surface area contributed by atoms with Gasteiger partial charge >= 0.3 is 0 Å². The smallest absolute Gasteiger partial charge is 0.174 e. The summed E-state index contributed by atoms with van der Waals surface area (Å²) in [4.78, 5) is 0. The summed E-state index contributed by atoms with van der Waals surface area (Å²) in [5.74, 6) is 0.712. The molecule has 3 nitrogen and oxygen atoms in total. The molecule has 0 radical (unpaired) electrons. The van der Waals surface area contributed by atoms with Crippen LogP contribution in [0.25, 0.3) is 0 Å². The zero-order valence-electron chi connectivity index (χ0n) is 11.8. The SMILES string of the molecule is Cc1cccc(CNc2ccc(OCC#N)cc2)c1C. The van der Waals surface area contributed by atoms with Crippen LogP contribution in [-0.2, 0) is 6.54 Å². The highest BCUT2D eigenvalue weighted by molar-refractivity contribution is 5.47. The molecule has 0 fully saturated rings. The number of benzene rings is 2. The zero-order chi connectivity index (χ0) is 14.4. The average molecular weight is 266 g/mol. The molecule has 0 spiro atoms. The second-order valence-electron chi connectivity index (χ2n) is 4.68. The predicted molar refractivity (Wildman–Crippen MR) is 80.8 cm³/mol. The van der Waals surface area contributed by atoms with E-state index in [2.05, 4.69) is 37.4 Å². The van der Waals surface area contributed by atoms with Gasteiger partial charge in [-0.05, 0) is 54.8 Å². The van der Waals surface area contributed by atoms with Crippen LogP contribution in [0.3, 0.4) is 0 Å². The first-order chi connectivity index (χ1) is 9.70. The number of ether oxygens (including phenoxy) is 1. The van der Waals surface area contributed by atoms with E-state index in [-0.39, 0.29) is 6.61 Å². The molecule has 2 aromatic carbocycles. The number of anilines is 1. The summed E-state index contributed by atoms with van der Waals surface area (Å²) < 4.78 is 5.22. The van der Waals surface area contributed by atoms with Crippen molar-refractivity contribution in [2.75, 3.05) is 11.9 Å². The fourth-order valence-corrected chi connectivity index (χ4v) is 1.99. The highest BCUT2D eigenvalue weighted by Crippen LogP contribution is 2.18. The van der Waals surface area contributed by atoms with Crippen LogP contribution in [0.4, 0.5) is 5.69 Å². The van der Waals surface area contributed by atoms with Gasteiger partial charge < -0.3 is 10.1 Å². The van der Waals surface area contributed by atoms with Crippen molar-refractivity contribution in [2.45, 2.75) is 20.4 Å². The van der Waals surface area contributed by atoms with Crippen LogP contribution in [0.15, 0.2) is 42.5 Å². The molecule has 0 saturated heterocycles. The summed E-state index contributed by atoms with van der Waals surface area (Å²) in [7, 11) is 0. The maximum absolute atomic E-state index is 8.45. The molecule has 0 saturated carbocycles. The van der Waals surface area contributed by atoms with Crippen molar-refractivity contribution < 1.29 is 4.74 Å². The lowest BCUT2D eigenvalue weighted by Gasteiger charge is -2.11. The molecule has 0 atom stereocenters. The Morgan fingerprint density at radius 3 is 2.55 bits per heavy atom. The van der Waals surface area contributed by atoms with E-state index < -0.39 is 0 Å². The lowest BCUT2D eigenvalue weighted by atomic mass is 10.0. The third kappa shape index (κ3) is 3.52. The molecule has 0 bridgehead atoms. The maximum atomic E-state index is 8.45. The lowest BCUT2D eigenvalue weighted by Crippen LogP contribution is -2.02. The molecule has 0 aliphatic carbocycles. The molecular formula is C17H18N2O. The monoisotopic (exact) mass is 266 g/mol. The third-order valence-electron chi connectivity index (χ3n) is 3.36. The molecule has 2 aromatic rings. The van der Waals surface area contributed by atoms with Crippen LogP contribution < -0.4 is 10.1 Å². The van der Waals surface area contributed by atoms with Crippen LogP contribution >= 0.6 is 0 Å². The fraction of sp³-hybridized carbons (Fsp3) is 0.235. The summed E-state index contributed by atoms with van der Waals surface area (Å²) in [5, 5.41) is 11.8. The number of nitrogens with one attached hydrogen (secondary N) is 1. The zero-order valence-corrected chi connectivity index (χ0v) is 11.8. The van der Waals surface area contributed by atoms with Gasteiger partial charge in [-0.25, -0.2) is 0 Å². The van der Waals surface area contributed by atoms with Gasteiger partial charge in [0.1, 0.15) is 11.8 Å². The van der Waals surface area contributed by atoms with Gasteiger partial charge in [0.25, 0.3) is 0 Å². The Kier molecular flexibility index (Phi) is 4.62. The molecule has 2 rings (SSSR count). The summed E-state index contributed by atoms with van der Waals surface area (Å²) in [6.07, 6.45) is 0. The van der Waals surface area contributed by atoms with Crippen molar-refractivity contribution in [2.24, 2.45) is 0 Å².